The number of nitrogens with one attached hydrogen (secondary N) is 1. The van der Waals surface area contributed by atoms with Crippen LogP contribution in [0.5, 0.6) is 11.5 Å². The standard InChI is InChI=1S/C12H10F3N3O2/c13-12(14,15)7-1-2-8-10(20-4-3-19-8)9(7)6-5-17-18-11(6)16/h1-2,5H,3-4H2,(H3,16,17,18). The first-order valence-corrected chi connectivity index (χ1v) is 5.77. The summed E-state index contributed by atoms with van der Waals surface area (Å²) in [5, 5.41) is 6.07. The van der Waals surface area contributed by atoms with Gasteiger partial charge in [0.2, 0.25) is 0 Å². The second kappa shape index (κ2) is 4.32. The second-order valence-electron chi connectivity index (χ2n) is 4.21. The van der Waals surface area contributed by atoms with Crippen molar-refractivity contribution in [2.75, 3.05) is 18.9 Å². The highest BCUT2D eigenvalue weighted by Crippen LogP contribution is 2.48. The summed E-state index contributed by atoms with van der Waals surface area (Å²) < 4.78 is 50.2. The molecule has 106 valence electrons. The van der Waals surface area contributed by atoms with Gasteiger partial charge in [-0.3, -0.25) is 5.10 Å². The lowest BCUT2D eigenvalue weighted by Gasteiger charge is -2.23. The zero-order chi connectivity index (χ0) is 14.3. The van der Waals surface area contributed by atoms with E-state index in [-0.39, 0.29) is 35.1 Å². The average molecular weight is 285 g/mol. The third-order valence-corrected chi connectivity index (χ3v) is 2.95. The maximum Gasteiger partial charge on any atom is 0.417 e. The number of ether oxygens (including phenoxy) is 2. The van der Waals surface area contributed by atoms with Gasteiger partial charge in [0.05, 0.1) is 11.8 Å². The van der Waals surface area contributed by atoms with Gasteiger partial charge >= 0.3 is 6.18 Å². The normalized spacial score (nSPS) is 14.3. The van der Waals surface area contributed by atoms with Crippen molar-refractivity contribution >= 4 is 5.82 Å². The number of halogens is 3. The van der Waals surface area contributed by atoms with Crippen molar-refractivity contribution < 1.29 is 22.6 Å². The molecular formula is C12H10F3N3O2. The summed E-state index contributed by atoms with van der Waals surface area (Å²) in [5.41, 5.74) is 4.78. The Bertz CT molecular complexity index is 652. The largest absolute Gasteiger partial charge is 0.486 e. The lowest BCUT2D eigenvalue weighted by Crippen LogP contribution is -2.18. The molecule has 1 aliphatic rings. The second-order valence-corrected chi connectivity index (χ2v) is 4.21. The summed E-state index contributed by atoms with van der Waals surface area (Å²) in [6.45, 7) is 0.470. The fourth-order valence-corrected chi connectivity index (χ4v) is 2.11. The summed E-state index contributed by atoms with van der Waals surface area (Å²) >= 11 is 0. The van der Waals surface area contributed by atoms with Crippen molar-refractivity contribution in [3.8, 4) is 22.6 Å². The molecule has 0 fully saturated rings. The van der Waals surface area contributed by atoms with Crippen molar-refractivity contribution in [3.05, 3.63) is 23.9 Å². The van der Waals surface area contributed by atoms with Crippen LogP contribution in [0.4, 0.5) is 19.0 Å². The summed E-state index contributed by atoms with van der Waals surface area (Å²) in [7, 11) is 0. The monoisotopic (exact) mass is 285 g/mol. The molecule has 2 aromatic rings. The molecule has 20 heavy (non-hydrogen) atoms. The molecule has 8 heteroatoms. The number of aromatic amines is 1. The van der Waals surface area contributed by atoms with Crippen molar-refractivity contribution in [2.45, 2.75) is 6.18 Å². The molecule has 0 saturated carbocycles. The number of alkyl halides is 3. The Morgan fingerprint density at radius 2 is 1.95 bits per heavy atom. The molecule has 0 atom stereocenters. The molecule has 0 saturated heterocycles. The summed E-state index contributed by atoms with van der Waals surface area (Å²) in [4.78, 5) is 0. The third-order valence-electron chi connectivity index (χ3n) is 2.95. The zero-order valence-corrected chi connectivity index (χ0v) is 10.1. The van der Waals surface area contributed by atoms with Crippen LogP contribution in [0.2, 0.25) is 0 Å². The molecule has 1 aromatic carbocycles. The van der Waals surface area contributed by atoms with Crippen LogP contribution in [0.1, 0.15) is 5.56 Å². The van der Waals surface area contributed by atoms with Crippen molar-refractivity contribution in [2.24, 2.45) is 0 Å². The van der Waals surface area contributed by atoms with Gasteiger partial charge < -0.3 is 15.2 Å². The van der Waals surface area contributed by atoms with E-state index in [9.17, 15) is 13.2 Å². The molecule has 0 aliphatic carbocycles. The molecule has 2 heterocycles. The van der Waals surface area contributed by atoms with Gasteiger partial charge in [0.25, 0.3) is 0 Å². The Morgan fingerprint density at radius 1 is 1.20 bits per heavy atom. The highest BCUT2D eigenvalue weighted by molar-refractivity contribution is 5.83. The number of hydrogen-bond donors (Lipinski definition) is 2. The average Bonchev–Trinajstić information content (AvgIpc) is 2.82. The predicted octanol–water partition coefficient (Wildman–Crippen LogP) is 2.45. The topological polar surface area (TPSA) is 73.2 Å². The van der Waals surface area contributed by atoms with Crippen LogP contribution in [-0.2, 0) is 6.18 Å². The zero-order valence-electron chi connectivity index (χ0n) is 10.1. The Balaban J connectivity index is 2.30. The molecule has 0 bridgehead atoms. The number of H-pyrrole nitrogens is 1. The Hall–Kier alpha value is -2.38. The molecule has 0 unspecified atom stereocenters. The number of benzene rings is 1. The molecule has 3 rings (SSSR count). The van der Waals surface area contributed by atoms with E-state index in [2.05, 4.69) is 10.2 Å². The molecular weight excluding hydrogens is 275 g/mol. The quantitative estimate of drug-likeness (QED) is 0.844. The fraction of sp³-hybridized carbons (Fsp3) is 0.250. The van der Waals surface area contributed by atoms with Crippen LogP contribution in [0.25, 0.3) is 11.1 Å². The summed E-state index contributed by atoms with van der Waals surface area (Å²) in [6.07, 6.45) is -3.30. The minimum atomic E-state index is -4.53. The van der Waals surface area contributed by atoms with Gasteiger partial charge in [-0.1, -0.05) is 0 Å². The van der Waals surface area contributed by atoms with Crippen LogP contribution in [0.3, 0.4) is 0 Å². The number of nitrogens with zero attached hydrogens (tertiary/aromatic N) is 1. The van der Waals surface area contributed by atoms with Gasteiger partial charge in [-0.25, -0.2) is 0 Å². The van der Waals surface area contributed by atoms with E-state index in [0.29, 0.717) is 6.61 Å². The molecule has 3 N–H and O–H groups in total. The third kappa shape index (κ3) is 1.93. The van der Waals surface area contributed by atoms with Gasteiger partial charge in [-0.15, -0.1) is 0 Å². The molecule has 1 aromatic heterocycles. The van der Waals surface area contributed by atoms with E-state index >= 15 is 0 Å². The Kier molecular flexibility index (Phi) is 2.73. The molecule has 5 nitrogen and oxygen atoms in total. The maximum absolute atomic E-state index is 13.2. The lowest BCUT2D eigenvalue weighted by atomic mass is 9.99. The number of fused-ring (bicyclic) bond motifs is 1. The van der Waals surface area contributed by atoms with E-state index in [1.807, 2.05) is 0 Å². The van der Waals surface area contributed by atoms with Crippen molar-refractivity contribution in [1.82, 2.24) is 10.2 Å². The Morgan fingerprint density at radius 3 is 2.60 bits per heavy atom. The smallest absolute Gasteiger partial charge is 0.417 e. The predicted molar refractivity (Wildman–Crippen MR) is 64.4 cm³/mol. The van der Waals surface area contributed by atoms with Crippen LogP contribution in [0.15, 0.2) is 18.3 Å². The van der Waals surface area contributed by atoms with Gasteiger partial charge in [0, 0.05) is 11.1 Å². The van der Waals surface area contributed by atoms with Crippen molar-refractivity contribution in [3.63, 3.8) is 0 Å². The number of nitrogens with two attached hydrogens (primary N) is 1. The van der Waals surface area contributed by atoms with Crippen LogP contribution in [0, 0.1) is 0 Å². The van der Waals surface area contributed by atoms with Gasteiger partial charge in [-0.2, -0.15) is 18.3 Å². The first kappa shape index (κ1) is 12.6. The first-order valence-electron chi connectivity index (χ1n) is 5.77. The molecule has 0 radical (unpaired) electrons. The van der Waals surface area contributed by atoms with Crippen molar-refractivity contribution in [1.29, 1.82) is 0 Å². The van der Waals surface area contributed by atoms with E-state index < -0.39 is 11.7 Å². The minimum Gasteiger partial charge on any atom is -0.486 e. The van der Waals surface area contributed by atoms with Crippen LogP contribution in [-0.4, -0.2) is 23.4 Å². The SMILES string of the molecule is Nc1[nH]ncc1-c1c(C(F)(F)F)ccc2c1OCCO2. The number of anilines is 1. The minimum absolute atomic E-state index is 0.0399. The Labute approximate surface area is 111 Å². The maximum atomic E-state index is 13.2. The van der Waals surface area contributed by atoms with E-state index in [4.69, 9.17) is 15.2 Å². The lowest BCUT2D eigenvalue weighted by molar-refractivity contribution is -0.137. The van der Waals surface area contributed by atoms with Gasteiger partial charge in [0.1, 0.15) is 19.0 Å². The number of hydrogen-bond acceptors (Lipinski definition) is 4. The first-order chi connectivity index (χ1) is 9.48. The van der Waals surface area contributed by atoms with E-state index in [1.54, 1.807) is 0 Å². The van der Waals surface area contributed by atoms with Gasteiger partial charge in [-0.05, 0) is 12.1 Å². The fourth-order valence-electron chi connectivity index (χ4n) is 2.11. The molecule has 1 aliphatic heterocycles. The van der Waals surface area contributed by atoms with Crippen LogP contribution < -0.4 is 15.2 Å². The number of nitrogen functional groups attached to an aromatic ring is 1. The summed E-state index contributed by atoms with van der Waals surface area (Å²) in [5.74, 6) is 0.345. The van der Waals surface area contributed by atoms with E-state index in [0.717, 1.165) is 6.07 Å². The number of aromatic nitrogens is 2. The highest BCUT2D eigenvalue weighted by atomic mass is 19.4. The molecule has 0 amide bonds. The van der Waals surface area contributed by atoms with E-state index in [1.165, 1.54) is 12.3 Å². The summed E-state index contributed by atoms with van der Waals surface area (Å²) in [6, 6.07) is 2.20. The van der Waals surface area contributed by atoms with Gasteiger partial charge in [0.15, 0.2) is 11.5 Å². The number of rotatable bonds is 1. The molecule has 0 spiro atoms. The highest BCUT2D eigenvalue weighted by Gasteiger charge is 2.37. The van der Waals surface area contributed by atoms with Crippen LogP contribution >= 0.6 is 0 Å².